The number of aromatic nitrogens is 2. The fourth-order valence-electron chi connectivity index (χ4n) is 3.96. The molecule has 4 heterocycles. The number of hydrogen-bond donors (Lipinski definition) is 0. The maximum absolute atomic E-state index is 12.1. The largest absolute Gasteiger partial charge is 0.371 e. The summed E-state index contributed by atoms with van der Waals surface area (Å²) in [7, 11) is 0. The normalized spacial score (nSPS) is 25.2. The van der Waals surface area contributed by atoms with Gasteiger partial charge >= 0.3 is 0 Å². The van der Waals surface area contributed by atoms with Gasteiger partial charge in [0, 0.05) is 26.1 Å². The quantitative estimate of drug-likeness (QED) is 0.815. The average molecular weight is 346 g/mol. The smallest absolute Gasteiger partial charge is 0.248 e. The Balaban J connectivity index is 1.27. The Morgan fingerprint density at radius 3 is 2.84 bits per heavy atom. The van der Waals surface area contributed by atoms with E-state index in [1.807, 2.05) is 24.0 Å². The molecule has 1 spiro atoms. The first-order valence-electron chi connectivity index (χ1n) is 9.22. The van der Waals surface area contributed by atoms with Crippen molar-refractivity contribution in [1.82, 2.24) is 15.1 Å². The fourth-order valence-corrected chi connectivity index (χ4v) is 3.96. The lowest BCUT2D eigenvalue weighted by atomic mass is 9.84. The highest BCUT2D eigenvalue weighted by atomic mass is 16.5. The van der Waals surface area contributed by atoms with E-state index in [2.05, 4.69) is 15.1 Å². The molecular weight excluding hydrogens is 320 g/mol. The molecule has 0 unspecified atom stereocenters. The van der Waals surface area contributed by atoms with Crippen LogP contribution in [0.5, 0.6) is 0 Å². The Labute approximate surface area is 148 Å². The standard InChI is InChI=1S/C18H26N4O3/c1-14-4-5-16(20-19-14)22-12-18(13-22)10-15(6-9-25-18)24-11-17(23)21-7-2-3-8-21/h4-5,15H,2-3,6-13H2,1H3/t15-/m1/s1. The Kier molecular flexibility index (Phi) is 4.60. The van der Waals surface area contributed by atoms with Crippen molar-refractivity contribution in [1.29, 1.82) is 0 Å². The van der Waals surface area contributed by atoms with E-state index < -0.39 is 0 Å². The molecule has 4 rings (SSSR count). The highest BCUT2D eigenvalue weighted by Gasteiger charge is 2.48. The molecule has 3 fully saturated rings. The number of hydrogen-bond acceptors (Lipinski definition) is 6. The molecule has 0 N–H and O–H groups in total. The van der Waals surface area contributed by atoms with Crippen LogP contribution in [-0.4, -0.2) is 72.1 Å². The van der Waals surface area contributed by atoms with E-state index >= 15 is 0 Å². The number of likely N-dealkylation sites (tertiary alicyclic amines) is 1. The summed E-state index contributed by atoms with van der Waals surface area (Å²) in [5.74, 6) is 1.02. The van der Waals surface area contributed by atoms with E-state index in [9.17, 15) is 4.79 Å². The highest BCUT2D eigenvalue weighted by Crippen LogP contribution is 2.37. The summed E-state index contributed by atoms with van der Waals surface area (Å²) in [5.41, 5.74) is 0.760. The SMILES string of the molecule is Cc1ccc(N2CC3(C[C@H](OCC(=O)N4CCCC4)CCO3)C2)nn1. The summed E-state index contributed by atoms with van der Waals surface area (Å²) >= 11 is 0. The van der Waals surface area contributed by atoms with Gasteiger partial charge in [-0.3, -0.25) is 4.79 Å². The van der Waals surface area contributed by atoms with Crippen LogP contribution in [0.4, 0.5) is 5.82 Å². The molecule has 0 bridgehead atoms. The van der Waals surface area contributed by atoms with Crippen molar-refractivity contribution in [3.8, 4) is 0 Å². The molecule has 3 aliphatic rings. The van der Waals surface area contributed by atoms with Gasteiger partial charge in [-0.15, -0.1) is 5.10 Å². The van der Waals surface area contributed by atoms with Crippen LogP contribution in [0.3, 0.4) is 0 Å². The second-order valence-electron chi connectivity index (χ2n) is 7.43. The van der Waals surface area contributed by atoms with Crippen LogP contribution in [-0.2, 0) is 14.3 Å². The lowest BCUT2D eigenvalue weighted by Gasteiger charge is -2.53. The van der Waals surface area contributed by atoms with E-state index in [4.69, 9.17) is 9.47 Å². The van der Waals surface area contributed by atoms with E-state index in [0.717, 1.165) is 63.4 Å². The molecule has 1 atom stereocenters. The zero-order valence-electron chi connectivity index (χ0n) is 14.8. The van der Waals surface area contributed by atoms with Crippen LogP contribution in [0.15, 0.2) is 12.1 Å². The van der Waals surface area contributed by atoms with Gasteiger partial charge in [0.25, 0.3) is 0 Å². The molecule has 3 aliphatic heterocycles. The Morgan fingerprint density at radius 2 is 2.12 bits per heavy atom. The number of nitrogens with zero attached hydrogens (tertiary/aromatic N) is 4. The Morgan fingerprint density at radius 1 is 1.32 bits per heavy atom. The number of amides is 1. The molecule has 0 aliphatic carbocycles. The maximum Gasteiger partial charge on any atom is 0.248 e. The summed E-state index contributed by atoms with van der Waals surface area (Å²) in [6.45, 7) is 6.21. The molecule has 25 heavy (non-hydrogen) atoms. The van der Waals surface area contributed by atoms with E-state index in [1.165, 1.54) is 0 Å². The predicted octanol–water partition coefficient (Wildman–Crippen LogP) is 1.16. The molecule has 1 aromatic heterocycles. The minimum absolute atomic E-state index is 0.103. The van der Waals surface area contributed by atoms with Gasteiger partial charge in [0.1, 0.15) is 12.2 Å². The van der Waals surface area contributed by atoms with Crippen LogP contribution >= 0.6 is 0 Å². The zero-order valence-corrected chi connectivity index (χ0v) is 14.8. The van der Waals surface area contributed by atoms with Gasteiger partial charge in [0.15, 0.2) is 5.82 Å². The highest BCUT2D eigenvalue weighted by molar-refractivity contribution is 5.77. The van der Waals surface area contributed by atoms with Crippen molar-refractivity contribution in [3.63, 3.8) is 0 Å². The number of anilines is 1. The molecule has 136 valence electrons. The Hall–Kier alpha value is -1.73. The topological polar surface area (TPSA) is 67.8 Å². The maximum atomic E-state index is 12.1. The summed E-state index contributed by atoms with van der Waals surface area (Å²) in [5, 5.41) is 8.36. The van der Waals surface area contributed by atoms with Crippen molar-refractivity contribution in [2.75, 3.05) is 44.3 Å². The predicted molar refractivity (Wildman–Crippen MR) is 92.5 cm³/mol. The van der Waals surface area contributed by atoms with Crippen LogP contribution in [0.25, 0.3) is 0 Å². The van der Waals surface area contributed by atoms with Gasteiger partial charge in [0.05, 0.1) is 24.9 Å². The minimum Gasteiger partial charge on any atom is -0.371 e. The van der Waals surface area contributed by atoms with Crippen molar-refractivity contribution >= 4 is 11.7 Å². The van der Waals surface area contributed by atoms with Gasteiger partial charge < -0.3 is 19.3 Å². The average Bonchev–Trinajstić information content (AvgIpc) is 3.13. The summed E-state index contributed by atoms with van der Waals surface area (Å²) in [6.07, 6.45) is 4.04. The van der Waals surface area contributed by atoms with Gasteiger partial charge in [0.2, 0.25) is 5.91 Å². The van der Waals surface area contributed by atoms with Gasteiger partial charge in [-0.1, -0.05) is 0 Å². The lowest BCUT2D eigenvalue weighted by Crippen LogP contribution is -2.66. The summed E-state index contributed by atoms with van der Waals surface area (Å²) in [6, 6.07) is 3.98. The van der Waals surface area contributed by atoms with Crippen molar-refractivity contribution < 1.29 is 14.3 Å². The van der Waals surface area contributed by atoms with Crippen LogP contribution < -0.4 is 4.90 Å². The Bertz CT molecular complexity index is 609. The first kappa shape index (κ1) is 16.7. The molecule has 3 saturated heterocycles. The number of carbonyl (C=O) groups excluding carboxylic acids is 1. The zero-order chi connectivity index (χ0) is 17.3. The summed E-state index contributed by atoms with van der Waals surface area (Å²) in [4.78, 5) is 16.2. The van der Waals surface area contributed by atoms with Crippen LogP contribution in [0, 0.1) is 6.92 Å². The van der Waals surface area contributed by atoms with Crippen molar-refractivity contribution in [3.05, 3.63) is 17.8 Å². The second-order valence-corrected chi connectivity index (χ2v) is 7.43. The van der Waals surface area contributed by atoms with Gasteiger partial charge in [-0.25, -0.2) is 0 Å². The molecule has 7 nitrogen and oxygen atoms in total. The van der Waals surface area contributed by atoms with Gasteiger partial charge in [-0.05, 0) is 38.3 Å². The van der Waals surface area contributed by atoms with Crippen LogP contribution in [0.1, 0.15) is 31.4 Å². The number of rotatable bonds is 4. The monoisotopic (exact) mass is 346 g/mol. The third-order valence-corrected chi connectivity index (χ3v) is 5.41. The number of carbonyl (C=O) groups is 1. The molecule has 7 heteroatoms. The van der Waals surface area contributed by atoms with Crippen molar-refractivity contribution in [2.45, 2.75) is 44.3 Å². The molecule has 1 amide bonds. The number of aryl methyl sites for hydroxylation is 1. The third-order valence-electron chi connectivity index (χ3n) is 5.41. The van der Waals surface area contributed by atoms with E-state index in [-0.39, 0.29) is 24.2 Å². The first-order chi connectivity index (χ1) is 12.1. The van der Waals surface area contributed by atoms with Gasteiger partial charge in [-0.2, -0.15) is 5.10 Å². The second kappa shape index (κ2) is 6.88. The lowest BCUT2D eigenvalue weighted by molar-refractivity contribution is -0.157. The third kappa shape index (κ3) is 3.62. The minimum atomic E-state index is -0.161. The summed E-state index contributed by atoms with van der Waals surface area (Å²) < 4.78 is 12.0. The van der Waals surface area contributed by atoms with Crippen LogP contribution in [0.2, 0.25) is 0 Å². The van der Waals surface area contributed by atoms with E-state index in [1.54, 1.807) is 0 Å². The molecule has 1 aromatic rings. The number of ether oxygens (including phenoxy) is 2. The molecule has 0 aromatic carbocycles. The van der Waals surface area contributed by atoms with E-state index in [0.29, 0.717) is 6.61 Å². The molecule has 0 radical (unpaired) electrons. The van der Waals surface area contributed by atoms with Crippen molar-refractivity contribution in [2.24, 2.45) is 0 Å². The molecule has 0 saturated carbocycles. The fraction of sp³-hybridized carbons (Fsp3) is 0.722. The first-order valence-corrected chi connectivity index (χ1v) is 9.22. The molecular formula is C18H26N4O3.